The summed E-state index contributed by atoms with van der Waals surface area (Å²) in [6.45, 7) is -0.461. The molecule has 1 heterocycles. The monoisotopic (exact) mass is 434 g/mol. The zero-order valence-electron chi connectivity index (χ0n) is 16.5. The highest BCUT2D eigenvalue weighted by molar-refractivity contribution is 6.31. The van der Waals surface area contributed by atoms with E-state index in [0.29, 0.717) is 23.1 Å². The Hall–Kier alpha value is -1.67. The first-order valence-electron chi connectivity index (χ1n) is 10.3. The summed E-state index contributed by atoms with van der Waals surface area (Å²) in [4.78, 5) is 0. The van der Waals surface area contributed by atoms with E-state index in [1.165, 1.54) is 6.42 Å². The summed E-state index contributed by atoms with van der Waals surface area (Å²) < 4.78 is 11.6. The highest BCUT2D eigenvalue weighted by Crippen LogP contribution is 2.34. The lowest BCUT2D eigenvalue weighted by Crippen LogP contribution is -2.55. The summed E-state index contributed by atoms with van der Waals surface area (Å²) in [5.74, 6) is 0.865. The smallest absolute Gasteiger partial charge is 0.119 e. The number of benzene rings is 2. The van der Waals surface area contributed by atoms with E-state index in [0.717, 1.165) is 29.7 Å². The molecule has 2 fully saturated rings. The first-order chi connectivity index (χ1) is 14.5. The maximum atomic E-state index is 10.4. The Morgan fingerprint density at radius 1 is 0.967 bits per heavy atom. The molecule has 4 N–H and O–H groups in total. The zero-order chi connectivity index (χ0) is 21.3. The van der Waals surface area contributed by atoms with Crippen molar-refractivity contribution in [2.24, 2.45) is 0 Å². The van der Waals surface area contributed by atoms with Gasteiger partial charge in [0, 0.05) is 5.02 Å². The van der Waals surface area contributed by atoms with Crippen LogP contribution in [-0.4, -0.2) is 57.6 Å². The van der Waals surface area contributed by atoms with E-state index < -0.39 is 37.1 Å². The van der Waals surface area contributed by atoms with Crippen LogP contribution in [0.3, 0.4) is 0 Å². The number of hydrogen-bond acceptors (Lipinski definition) is 6. The van der Waals surface area contributed by atoms with Crippen LogP contribution in [0.1, 0.15) is 42.1 Å². The second kappa shape index (κ2) is 9.22. The fraction of sp³-hybridized carbons (Fsp3) is 0.478. The summed E-state index contributed by atoms with van der Waals surface area (Å²) in [6.07, 6.45) is -1.58. The Bertz CT molecular complexity index is 851. The van der Waals surface area contributed by atoms with Gasteiger partial charge in [-0.2, -0.15) is 0 Å². The molecule has 7 heteroatoms. The summed E-state index contributed by atoms with van der Waals surface area (Å²) >= 11 is 6.40. The molecule has 2 aromatic rings. The van der Waals surface area contributed by atoms with Gasteiger partial charge in [-0.05, 0) is 60.6 Å². The summed E-state index contributed by atoms with van der Waals surface area (Å²) in [6, 6.07) is 13.2. The van der Waals surface area contributed by atoms with Crippen LogP contribution >= 0.6 is 11.6 Å². The minimum atomic E-state index is -1.41. The summed E-state index contributed by atoms with van der Waals surface area (Å²) in [5.41, 5.74) is 2.53. The van der Waals surface area contributed by atoms with E-state index in [4.69, 9.17) is 21.1 Å². The minimum Gasteiger partial charge on any atom is -0.490 e. The van der Waals surface area contributed by atoms with Crippen molar-refractivity contribution in [1.82, 2.24) is 0 Å². The van der Waals surface area contributed by atoms with Crippen molar-refractivity contribution >= 4 is 11.6 Å². The fourth-order valence-corrected chi connectivity index (χ4v) is 4.06. The second-order valence-electron chi connectivity index (χ2n) is 8.09. The lowest BCUT2D eigenvalue weighted by molar-refractivity contribution is -0.231. The van der Waals surface area contributed by atoms with Crippen LogP contribution in [0.25, 0.3) is 0 Å². The van der Waals surface area contributed by atoms with E-state index in [-0.39, 0.29) is 0 Å². The van der Waals surface area contributed by atoms with Crippen molar-refractivity contribution in [3.63, 3.8) is 0 Å². The Labute approximate surface area is 180 Å². The van der Waals surface area contributed by atoms with Gasteiger partial charge < -0.3 is 29.9 Å². The molecular weight excluding hydrogens is 408 g/mol. The number of hydrogen-bond donors (Lipinski definition) is 4. The topological polar surface area (TPSA) is 99.4 Å². The number of aliphatic hydroxyl groups excluding tert-OH is 4. The van der Waals surface area contributed by atoms with E-state index in [1.54, 1.807) is 12.1 Å². The van der Waals surface area contributed by atoms with Crippen molar-refractivity contribution in [2.75, 3.05) is 6.61 Å². The van der Waals surface area contributed by atoms with Crippen molar-refractivity contribution in [1.29, 1.82) is 0 Å². The molecule has 0 radical (unpaired) electrons. The Morgan fingerprint density at radius 3 is 2.33 bits per heavy atom. The van der Waals surface area contributed by atoms with Gasteiger partial charge in [-0.15, -0.1) is 0 Å². The fourth-order valence-electron chi connectivity index (χ4n) is 3.87. The maximum absolute atomic E-state index is 10.4. The van der Waals surface area contributed by atoms with Gasteiger partial charge in [-0.3, -0.25) is 0 Å². The highest BCUT2D eigenvalue weighted by Gasteiger charge is 2.44. The van der Waals surface area contributed by atoms with Crippen LogP contribution in [0.5, 0.6) is 5.75 Å². The highest BCUT2D eigenvalue weighted by atomic mass is 35.5. The largest absolute Gasteiger partial charge is 0.490 e. The molecule has 2 aromatic carbocycles. The molecule has 6 nitrogen and oxygen atoms in total. The average Bonchev–Trinajstić information content (AvgIpc) is 2.72. The van der Waals surface area contributed by atoms with Crippen LogP contribution in [0.2, 0.25) is 5.02 Å². The van der Waals surface area contributed by atoms with Gasteiger partial charge in [0.05, 0.1) is 12.7 Å². The lowest BCUT2D eigenvalue weighted by Gasteiger charge is -2.40. The van der Waals surface area contributed by atoms with Gasteiger partial charge in [-0.1, -0.05) is 35.9 Å². The van der Waals surface area contributed by atoms with Gasteiger partial charge in [0.1, 0.15) is 36.3 Å². The maximum Gasteiger partial charge on any atom is 0.119 e. The van der Waals surface area contributed by atoms with E-state index >= 15 is 0 Å². The molecule has 0 bridgehead atoms. The average molecular weight is 435 g/mol. The van der Waals surface area contributed by atoms with Gasteiger partial charge >= 0.3 is 0 Å². The van der Waals surface area contributed by atoms with Crippen molar-refractivity contribution in [3.8, 4) is 5.75 Å². The SMILES string of the molecule is OC[C@H]1OC(c2ccc(Cl)c(Cc3ccc(OC4CCC4)cc3)c2)[C@H](O)[C@@H](O)[C@@H]1O. The van der Waals surface area contributed by atoms with E-state index in [2.05, 4.69) is 0 Å². The normalized spacial score (nSPS) is 29.4. The van der Waals surface area contributed by atoms with E-state index in [1.807, 2.05) is 30.3 Å². The number of rotatable bonds is 6. The molecule has 2 aliphatic rings. The van der Waals surface area contributed by atoms with Crippen LogP contribution in [-0.2, 0) is 11.2 Å². The predicted molar refractivity (Wildman–Crippen MR) is 112 cm³/mol. The molecule has 1 saturated carbocycles. The molecule has 30 heavy (non-hydrogen) atoms. The molecule has 1 saturated heterocycles. The molecule has 1 aliphatic carbocycles. The van der Waals surface area contributed by atoms with Gasteiger partial charge in [-0.25, -0.2) is 0 Å². The Kier molecular flexibility index (Phi) is 6.63. The third kappa shape index (κ3) is 4.49. The summed E-state index contributed by atoms with van der Waals surface area (Å²) in [7, 11) is 0. The van der Waals surface area contributed by atoms with Gasteiger partial charge in [0.2, 0.25) is 0 Å². The molecule has 1 unspecified atom stereocenters. The van der Waals surface area contributed by atoms with Gasteiger partial charge in [0.25, 0.3) is 0 Å². The van der Waals surface area contributed by atoms with Crippen LogP contribution < -0.4 is 4.74 Å². The standard InChI is InChI=1S/C23H27ClO6/c24-18-9-6-14(23-22(28)21(27)20(26)19(12-25)30-23)11-15(18)10-13-4-7-17(8-5-13)29-16-2-1-3-16/h4-9,11,16,19-23,25-28H,1-3,10,12H2/t19-,20-,21+,22-,23?/m1/s1. The molecular formula is C23H27ClO6. The van der Waals surface area contributed by atoms with Gasteiger partial charge in [0.15, 0.2) is 0 Å². The zero-order valence-corrected chi connectivity index (χ0v) is 17.3. The van der Waals surface area contributed by atoms with Crippen molar-refractivity contribution < 1.29 is 29.9 Å². The third-order valence-electron chi connectivity index (χ3n) is 5.96. The molecule has 0 spiro atoms. The minimum absolute atomic E-state index is 0.334. The molecule has 4 rings (SSSR count). The second-order valence-corrected chi connectivity index (χ2v) is 8.50. The number of ether oxygens (including phenoxy) is 2. The quantitative estimate of drug-likeness (QED) is 0.557. The third-order valence-corrected chi connectivity index (χ3v) is 6.33. The van der Waals surface area contributed by atoms with E-state index in [9.17, 15) is 20.4 Å². The summed E-state index contributed by atoms with van der Waals surface area (Å²) in [5, 5.41) is 40.4. The molecule has 162 valence electrons. The number of halogens is 1. The van der Waals surface area contributed by atoms with Crippen molar-refractivity contribution in [2.45, 2.75) is 62.3 Å². The predicted octanol–water partition coefficient (Wildman–Crippen LogP) is 2.38. The first kappa shape index (κ1) is 21.6. The van der Waals surface area contributed by atoms with Crippen LogP contribution in [0.4, 0.5) is 0 Å². The molecule has 5 atom stereocenters. The lowest BCUT2D eigenvalue weighted by atomic mass is 9.90. The Morgan fingerprint density at radius 2 is 1.70 bits per heavy atom. The molecule has 0 aromatic heterocycles. The molecule has 0 amide bonds. The Balaban J connectivity index is 1.50. The first-order valence-corrected chi connectivity index (χ1v) is 10.7. The number of aliphatic hydroxyl groups is 4. The van der Waals surface area contributed by atoms with Crippen molar-refractivity contribution in [3.05, 3.63) is 64.2 Å². The van der Waals surface area contributed by atoms with Crippen LogP contribution in [0.15, 0.2) is 42.5 Å². The van der Waals surface area contributed by atoms with Crippen LogP contribution in [0, 0.1) is 0 Å². The molecule has 1 aliphatic heterocycles.